The Hall–Kier alpha value is -2.61. The Morgan fingerprint density at radius 1 is 1.04 bits per heavy atom. The fourth-order valence-corrected chi connectivity index (χ4v) is 4.64. The number of hydrogen-bond donors (Lipinski definition) is 0. The molecule has 0 aliphatic carbocycles. The van der Waals surface area contributed by atoms with E-state index in [0.717, 1.165) is 12.2 Å². The van der Waals surface area contributed by atoms with Crippen molar-refractivity contribution in [2.75, 3.05) is 11.4 Å². The maximum Gasteiger partial charge on any atom is 0.0636 e. The number of rotatable bonds is 4. The molecule has 2 heteroatoms. The Bertz CT molecular complexity index is 1020. The van der Waals surface area contributed by atoms with Gasteiger partial charge in [-0.25, -0.2) is 0 Å². The number of hydrogen-bond acceptors (Lipinski definition) is 2. The number of fused-ring (bicyclic) bond motifs is 2. The highest BCUT2D eigenvalue weighted by Gasteiger charge is 2.35. The molecule has 0 saturated carbocycles. The second-order valence-electron chi connectivity index (χ2n) is 8.68. The van der Waals surface area contributed by atoms with Gasteiger partial charge in [0.15, 0.2) is 0 Å². The molecule has 1 heterocycles. The zero-order chi connectivity index (χ0) is 19.7. The van der Waals surface area contributed by atoms with E-state index in [1.54, 1.807) is 0 Å². The molecule has 0 N–H and O–H groups in total. The maximum absolute atomic E-state index is 4.75. The monoisotopic (exact) mass is 370 g/mol. The molecule has 3 aromatic rings. The van der Waals surface area contributed by atoms with Crippen molar-refractivity contribution in [1.29, 1.82) is 0 Å². The standard InChI is InChI=1S/C26H30N2/c1-5-14-28-25-13-10-20(15-24(25)19(2)17-26(28,3)4)18-27-23-12-11-21-8-6-7-9-22(21)16-23/h6-13,15-16,18-19H,5,14,17H2,1-4H3. The van der Waals surface area contributed by atoms with Crippen molar-refractivity contribution in [3.63, 3.8) is 0 Å². The molecule has 1 atom stereocenters. The van der Waals surface area contributed by atoms with Gasteiger partial charge in [0.05, 0.1) is 5.69 Å². The first-order valence-electron chi connectivity index (χ1n) is 10.4. The number of aliphatic imine (C=N–C) groups is 1. The lowest BCUT2D eigenvalue weighted by Crippen LogP contribution is -2.48. The molecule has 0 bridgehead atoms. The summed E-state index contributed by atoms with van der Waals surface area (Å²) in [6, 6.07) is 21.6. The smallest absolute Gasteiger partial charge is 0.0636 e. The Morgan fingerprint density at radius 3 is 2.61 bits per heavy atom. The quantitative estimate of drug-likeness (QED) is 0.447. The summed E-state index contributed by atoms with van der Waals surface area (Å²) in [4.78, 5) is 7.34. The normalized spacial score (nSPS) is 18.6. The van der Waals surface area contributed by atoms with Gasteiger partial charge < -0.3 is 4.90 Å². The zero-order valence-electron chi connectivity index (χ0n) is 17.4. The first-order chi connectivity index (χ1) is 13.5. The van der Waals surface area contributed by atoms with E-state index >= 15 is 0 Å². The summed E-state index contributed by atoms with van der Waals surface area (Å²) in [6.45, 7) is 10.5. The van der Waals surface area contributed by atoms with Gasteiger partial charge in [-0.05, 0) is 78.8 Å². The SMILES string of the molecule is CCCN1c2ccc(C=Nc3ccc4ccccc4c3)cc2C(C)CC1(C)C. The lowest BCUT2D eigenvalue weighted by molar-refractivity contribution is 0.376. The largest absolute Gasteiger partial charge is 0.366 e. The molecule has 4 rings (SSSR count). The molecule has 1 unspecified atom stereocenters. The van der Waals surface area contributed by atoms with Gasteiger partial charge in [-0.2, -0.15) is 0 Å². The van der Waals surface area contributed by atoms with Gasteiger partial charge >= 0.3 is 0 Å². The molecule has 0 amide bonds. The highest BCUT2D eigenvalue weighted by atomic mass is 15.2. The lowest BCUT2D eigenvalue weighted by atomic mass is 9.79. The Kier molecular flexibility index (Phi) is 4.97. The summed E-state index contributed by atoms with van der Waals surface area (Å²) in [5.74, 6) is 0.562. The molecule has 0 spiro atoms. The Balaban J connectivity index is 1.64. The van der Waals surface area contributed by atoms with E-state index < -0.39 is 0 Å². The first kappa shape index (κ1) is 18.7. The Morgan fingerprint density at radius 2 is 1.82 bits per heavy atom. The van der Waals surface area contributed by atoms with Gasteiger partial charge in [0, 0.05) is 24.0 Å². The van der Waals surface area contributed by atoms with Gasteiger partial charge in [-0.15, -0.1) is 0 Å². The number of benzene rings is 3. The first-order valence-corrected chi connectivity index (χ1v) is 10.4. The minimum atomic E-state index is 0.211. The molecule has 1 aliphatic rings. The molecular formula is C26H30N2. The summed E-state index contributed by atoms with van der Waals surface area (Å²) >= 11 is 0. The zero-order valence-corrected chi connectivity index (χ0v) is 17.4. The molecule has 144 valence electrons. The topological polar surface area (TPSA) is 15.6 Å². The molecular weight excluding hydrogens is 340 g/mol. The summed E-state index contributed by atoms with van der Waals surface area (Å²) in [6.07, 6.45) is 4.36. The van der Waals surface area contributed by atoms with Gasteiger partial charge in [-0.3, -0.25) is 4.99 Å². The van der Waals surface area contributed by atoms with Crippen LogP contribution in [0.4, 0.5) is 11.4 Å². The number of anilines is 1. The van der Waals surface area contributed by atoms with Crippen LogP contribution < -0.4 is 4.90 Å². The van der Waals surface area contributed by atoms with E-state index in [2.05, 4.69) is 93.3 Å². The van der Waals surface area contributed by atoms with Crippen LogP contribution in [0.5, 0.6) is 0 Å². The van der Waals surface area contributed by atoms with Crippen molar-refractivity contribution in [2.24, 2.45) is 4.99 Å². The third-order valence-corrected chi connectivity index (χ3v) is 5.95. The highest BCUT2D eigenvalue weighted by Crippen LogP contribution is 2.43. The van der Waals surface area contributed by atoms with Gasteiger partial charge in [0.25, 0.3) is 0 Å². The van der Waals surface area contributed by atoms with Crippen LogP contribution in [-0.2, 0) is 0 Å². The average Bonchev–Trinajstić information content (AvgIpc) is 2.69. The van der Waals surface area contributed by atoms with Crippen LogP contribution >= 0.6 is 0 Å². The van der Waals surface area contributed by atoms with Crippen LogP contribution in [0.3, 0.4) is 0 Å². The molecule has 2 nitrogen and oxygen atoms in total. The number of nitrogens with zero attached hydrogens (tertiary/aromatic N) is 2. The highest BCUT2D eigenvalue weighted by molar-refractivity contribution is 5.88. The second kappa shape index (κ2) is 7.43. The molecule has 1 aliphatic heterocycles. The van der Waals surface area contributed by atoms with Crippen LogP contribution in [0.2, 0.25) is 0 Å². The van der Waals surface area contributed by atoms with Crippen molar-refractivity contribution >= 4 is 28.4 Å². The van der Waals surface area contributed by atoms with E-state index in [-0.39, 0.29) is 5.54 Å². The van der Waals surface area contributed by atoms with Gasteiger partial charge in [0.1, 0.15) is 0 Å². The third kappa shape index (κ3) is 3.56. The van der Waals surface area contributed by atoms with Crippen LogP contribution in [0.25, 0.3) is 10.8 Å². The van der Waals surface area contributed by atoms with E-state index in [1.165, 1.54) is 40.4 Å². The van der Waals surface area contributed by atoms with Crippen LogP contribution in [-0.4, -0.2) is 18.3 Å². The lowest BCUT2D eigenvalue weighted by Gasteiger charge is -2.47. The van der Waals surface area contributed by atoms with Gasteiger partial charge in [0.2, 0.25) is 0 Å². The van der Waals surface area contributed by atoms with E-state index in [1.807, 2.05) is 6.21 Å². The fourth-order valence-electron chi connectivity index (χ4n) is 4.64. The summed E-state index contributed by atoms with van der Waals surface area (Å²) < 4.78 is 0. The molecule has 0 aromatic heterocycles. The van der Waals surface area contributed by atoms with Crippen molar-refractivity contribution in [1.82, 2.24) is 0 Å². The van der Waals surface area contributed by atoms with Crippen LogP contribution in [0, 0.1) is 0 Å². The van der Waals surface area contributed by atoms with Crippen molar-refractivity contribution in [3.05, 3.63) is 71.8 Å². The van der Waals surface area contributed by atoms with Crippen molar-refractivity contribution in [2.45, 2.75) is 52.0 Å². The van der Waals surface area contributed by atoms with Crippen molar-refractivity contribution < 1.29 is 0 Å². The van der Waals surface area contributed by atoms with E-state index in [0.29, 0.717) is 5.92 Å². The second-order valence-corrected chi connectivity index (χ2v) is 8.68. The van der Waals surface area contributed by atoms with E-state index in [4.69, 9.17) is 4.99 Å². The van der Waals surface area contributed by atoms with Crippen LogP contribution in [0.15, 0.2) is 65.7 Å². The third-order valence-electron chi connectivity index (χ3n) is 5.95. The van der Waals surface area contributed by atoms with Crippen molar-refractivity contribution in [3.8, 4) is 0 Å². The summed E-state index contributed by atoms with van der Waals surface area (Å²) in [5.41, 5.74) is 5.24. The molecule has 0 radical (unpaired) electrons. The molecule has 28 heavy (non-hydrogen) atoms. The molecule has 0 saturated heterocycles. The fraction of sp³-hybridized carbons (Fsp3) is 0.346. The van der Waals surface area contributed by atoms with E-state index in [9.17, 15) is 0 Å². The predicted molar refractivity (Wildman–Crippen MR) is 122 cm³/mol. The molecule has 3 aromatic carbocycles. The summed E-state index contributed by atoms with van der Waals surface area (Å²) in [7, 11) is 0. The predicted octanol–water partition coefficient (Wildman–Crippen LogP) is 7.09. The summed E-state index contributed by atoms with van der Waals surface area (Å²) in [5, 5.41) is 2.48. The minimum absolute atomic E-state index is 0.211. The molecule has 0 fully saturated rings. The maximum atomic E-state index is 4.75. The average molecular weight is 371 g/mol. The Labute approximate surface area is 168 Å². The minimum Gasteiger partial charge on any atom is -0.366 e. The van der Waals surface area contributed by atoms with Crippen LogP contribution in [0.1, 0.15) is 57.6 Å². The van der Waals surface area contributed by atoms with Gasteiger partial charge in [-0.1, -0.05) is 50.2 Å².